The van der Waals surface area contributed by atoms with Crippen LogP contribution in [0.3, 0.4) is 0 Å². The van der Waals surface area contributed by atoms with Crippen molar-refractivity contribution in [3.63, 3.8) is 0 Å². The van der Waals surface area contributed by atoms with Crippen LogP contribution < -0.4 is 10.6 Å². The van der Waals surface area contributed by atoms with E-state index in [2.05, 4.69) is 31.7 Å². The Bertz CT molecular complexity index is 668. The topological polar surface area (TPSA) is 96.2 Å². The number of hydrogen-bond donors (Lipinski definition) is 3. The number of carbonyl (C=O) groups is 2. The number of nitrogens with zero attached hydrogens (tertiary/aromatic N) is 2. The Morgan fingerprint density at radius 3 is 2.65 bits per heavy atom. The summed E-state index contributed by atoms with van der Waals surface area (Å²) in [5.74, 6) is -0.748. The second kappa shape index (κ2) is 5.74. The number of benzene rings is 1. The lowest BCUT2D eigenvalue weighted by atomic mass is 10.2. The van der Waals surface area contributed by atoms with Crippen LogP contribution in [-0.2, 0) is 7.05 Å². The summed E-state index contributed by atoms with van der Waals surface area (Å²) >= 11 is 3.23. The third kappa shape index (κ3) is 3.35. The molecule has 0 bridgehead atoms. The van der Waals surface area contributed by atoms with E-state index in [1.54, 1.807) is 25.4 Å². The number of carboxylic acid groups (broad SMARTS) is 1. The molecule has 2 rings (SSSR count). The molecule has 2 amide bonds. The Labute approximate surface area is 122 Å². The molecule has 7 nitrogen and oxygen atoms in total. The lowest BCUT2D eigenvalue weighted by molar-refractivity contribution is 0.0698. The fourth-order valence-corrected chi connectivity index (χ4v) is 1.92. The van der Waals surface area contributed by atoms with Gasteiger partial charge in [0.25, 0.3) is 0 Å². The predicted molar refractivity (Wildman–Crippen MR) is 77.0 cm³/mol. The molecule has 0 radical (unpaired) electrons. The number of aromatic carboxylic acids is 1. The minimum absolute atomic E-state index is 0.00405. The van der Waals surface area contributed by atoms with E-state index >= 15 is 0 Å². The van der Waals surface area contributed by atoms with Gasteiger partial charge in [0, 0.05) is 23.8 Å². The van der Waals surface area contributed by atoms with Gasteiger partial charge < -0.3 is 10.4 Å². The molecule has 0 unspecified atom stereocenters. The number of carboxylic acids is 1. The minimum Gasteiger partial charge on any atom is -0.478 e. The Morgan fingerprint density at radius 2 is 2.05 bits per heavy atom. The molecule has 1 heterocycles. The molecule has 20 heavy (non-hydrogen) atoms. The summed E-state index contributed by atoms with van der Waals surface area (Å²) in [6.07, 6.45) is 1.68. The van der Waals surface area contributed by atoms with Crippen molar-refractivity contribution in [1.29, 1.82) is 0 Å². The van der Waals surface area contributed by atoms with Crippen LogP contribution in [0, 0.1) is 0 Å². The third-order valence-electron chi connectivity index (χ3n) is 2.42. The SMILES string of the molecule is Cn1ccc(NC(=O)Nc2cc(Br)ccc2C(=O)O)n1. The molecule has 104 valence electrons. The molecule has 3 N–H and O–H groups in total. The van der Waals surface area contributed by atoms with Gasteiger partial charge >= 0.3 is 12.0 Å². The van der Waals surface area contributed by atoms with Crippen LogP contribution in [0.15, 0.2) is 34.9 Å². The summed E-state index contributed by atoms with van der Waals surface area (Å²) in [5.41, 5.74) is 0.199. The van der Waals surface area contributed by atoms with Crippen LogP contribution in [-0.4, -0.2) is 26.9 Å². The molecule has 0 saturated heterocycles. The highest BCUT2D eigenvalue weighted by Crippen LogP contribution is 2.21. The maximum atomic E-state index is 11.8. The number of aromatic nitrogens is 2. The average Bonchev–Trinajstić information content (AvgIpc) is 2.74. The third-order valence-corrected chi connectivity index (χ3v) is 2.91. The Hall–Kier alpha value is -2.35. The monoisotopic (exact) mass is 338 g/mol. The number of urea groups is 1. The maximum Gasteiger partial charge on any atom is 0.337 e. The van der Waals surface area contributed by atoms with Gasteiger partial charge in [-0.15, -0.1) is 0 Å². The number of aryl methyl sites for hydroxylation is 1. The predicted octanol–water partition coefficient (Wildman–Crippen LogP) is 2.52. The number of hydrogen-bond acceptors (Lipinski definition) is 3. The first kappa shape index (κ1) is 14.1. The summed E-state index contributed by atoms with van der Waals surface area (Å²) in [7, 11) is 1.72. The van der Waals surface area contributed by atoms with Gasteiger partial charge in [0.2, 0.25) is 0 Å². The zero-order valence-electron chi connectivity index (χ0n) is 10.4. The summed E-state index contributed by atoms with van der Waals surface area (Å²) in [6, 6.07) is 5.57. The van der Waals surface area contributed by atoms with E-state index in [9.17, 15) is 9.59 Å². The van der Waals surface area contributed by atoms with E-state index in [0.29, 0.717) is 10.3 Å². The van der Waals surface area contributed by atoms with Crippen molar-refractivity contribution in [3.8, 4) is 0 Å². The number of carbonyl (C=O) groups excluding carboxylic acids is 1. The van der Waals surface area contributed by atoms with Crippen molar-refractivity contribution in [1.82, 2.24) is 9.78 Å². The molecule has 1 aromatic heterocycles. The van der Waals surface area contributed by atoms with Crippen LogP contribution in [0.1, 0.15) is 10.4 Å². The van der Waals surface area contributed by atoms with Crippen LogP contribution in [0.5, 0.6) is 0 Å². The highest BCUT2D eigenvalue weighted by Gasteiger charge is 2.13. The lowest BCUT2D eigenvalue weighted by Gasteiger charge is -2.09. The van der Waals surface area contributed by atoms with Gasteiger partial charge in [0.1, 0.15) is 0 Å². The van der Waals surface area contributed by atoms with Crippen molar-refractivity contribution >= 4 is 39.4 Å². The van der Waals surface area contributed by atoms with Crippen LogP contribution >= 0.6 is 15.9 Å². The molecule has 0 spiro atoms. The molecule has 0 aliphatic rings. The molecule has 0 aliphatic heterocycles. The molecular formula is C12H11BrN4O3. The second-order valence-corrected chi connectivity index (χ2v) is 4.86. The van der Waals surface area contributed by atoms with Crippen molar-refractivity contribution < 1.29 is 14.7 Å². The molecule has 0 saturated carbocycles. The van der Waals surface area contributed by atoms with Crippen molar-refractivity contribution in [2.24, 2.45) is 7.05 Å². The standard InChI is InChI=1S/C12H11BrN4O3/c1-17-5-4-10(16-17)15-12(20)14-9-6-7(13)2-3-8(9)11(18)19/h2-6H,1H3,(H,18,19)(H2,14,15,16,20). The van der Waals surface area contributed by atoms with Crippen molar-refractivity contribution in [3.05, 3.63) is 40.5 Å². The van der Waals surface area contributed by atoms with Gasteiger partial charge in [-0.2, -0.15) is 5.10 Å². The fraction of sp³-hybridized carbons (Fsp3) is 0.0833. The molecule has 0 aliphatic carbocycles. The molecule has 8 heteroatoms. The van der Waals surface area contributed by atoms with E-state index < -0.39 is 12.0 Å². The number of halogens is 1. The maximum absolute atomic E-state index is 11.8. The normalized spacial score (nSPS) is 10.1. The van der Waals surface area contributed by atoms with E-state index in [1.165, 1.54) is 16.8 Å². The van der Waals surface area contributed by atoms with E-state index in [-0.39, 0.29) is 11.3 Å². The average molecular weight is 339 g/mol. The Kier molecular flexibility index (Phi) is 4.04. The zero-order valence-corrected chi connectivity index (χ0v) is 12.0. The zero-order chi connectivity index (χ0) is 14.7. The van der Waals surface area contributed by atoms with Gasteiger partial charge in [-0.25, -0.2) is 9.59 Å². The van der Waals surface area contributed by atoms with Gasteiger partial charge in [0.15, 0.2) is 5.82 Å². The first-order chi connectivity index (χ1) is 9.45. The first-order valence-corrected chi connectivity index (χ1v) is 6.35. The summed E-state index contributed by atoms with van der Waals surface area (Å²) in [4.78, 5) is 22.9. The van der Waals surface area contributed by atoms with Crippen molar-refractivity contribution in [2.45, 2.75) is 0 Å². The quantitative estimate of drug-likeness (QED) is 0.801. The van der Waals surface area contributed by atoms with Gasteiger partial charge in [-0.3, -0.25) is 10.00 Å². The van der Waals surface area contributed by atoms with Crippen LogP contribution in [0.25, 0.3) is 0 Å². The number of nitrogens with one attached hydrogen (secondary N) is 2. The summed E-state index contributed by atoms with van der Waals surface area (Å²) in [6.45, 7) is 0. The lowest BCUT2D eigenvalue weighted by Crippen LogP contribution is -2.21. The summed E-state index contributed by atoms with van der Waals surface area (Å²) < 4.78 is 2.20. The first-order valence-electron chi connectivity index (χ1n) is 5.56. The van der Waals surface area contributed by atoms with Crippen LogP contribution in [0.4, 0.5) is 16.3 Å². The van der Waals surface area contributed by atoms with E-state index in [1.807, 2.05) is 0 Å². The van der Waals surface area contributed by atoms with Gasteiger partial charge in [0.05, 0.1) is 11.3 Å². The largest absolute Gasteiger partial charge is 0.478 e. The minimum atomic E-state index is -1.12. The van der Waals surface area contributed by atoms with E-state index in [4.69, 9.17) is 5.11 Å². The highest BCUT2D eigenvalue weighted by molar-refractivity contribution is 9.10. The molecule has 1 aromatic carbocycles. The highest BCUT2D eigenvalue weighted by atomic mass is 79.9. The Balaban J connectivity index is 2.15. The van der Waals surface area contributed by atoms with E-state index in [0.717, 1.165) is 0 Å². The number of anilines is 2. The molecular weight excluding hydrogens is 328 g/mol. The Morgan fingerprint density at radius 1 is 1.30 bits per heavy atom. The molecule has 0 atom stereocenters. The van der Waals surface area contributed by atoms with Crippen molar-refractivity contribution in [2.75, 3.05) is 10.6 Å². The fourth-order valence-electron chi connectivity index (χ4n) is 1.56. The second-order valence-electron chi connectivity index (χ2n) is 3.95. The number of rotatable bonds is 3. The molecule has 0 fully saturated rings. The number of amides is 2. The van der Waals surface area contributed by atoms with Gasteiger partial charge in [-0.05, 0) is 18.2 Å². The molecule has 2 aromatic rings. The summed E-state index contributed by atoms with van der Waals surface area (Å²) in [5, 5.41) is 18.0. The van der Waals surface area contributed by atoms with Gasteiger partial charge in [-0.1, -0.05) is 15.9 Å². The smallest absolute Gasteiger partial charge is 0.337 e. The van der Waals surface area contributed by atoms with Crippen LogP contribution in [0.2, 0.25) is 0 Å².